The van der Waals surface area contributed by atoms with Crippen molar-refractivity contribution in [2.24, 2.45) is 0 Å². The molecule has 0 aliphatic rings. The molecule has 0 spiro atoms. The van der Waals surface area contributed by atoms with Gasteiger partial charge in [0.15, 0.2) is 11.5 Å². The molecule has 6 heteroatoms. The fourth-order valence-electron chi connectivity index (χ4n) is 3.26. The van der Waals surface area contributed by atoms with Crippen LogP contribution in [0.4, 0.5) is 5.69 Å². The summed E-state index contributed by atoms with van der Waals surface area (Å²) in [6.07, 6.45) is 0.947. The van der Waals surface area contributed by atoms with Gasteiger partial charge >= 0.3 is 0 Å². The van der Waals surface area contributed by atoms with E-state index in [-0.39, 0.29) is 5.91 Å². The van der Waals surface area contributed by atoms with Crippen LogP contribution in [0.3, 0.4) is 0 Å². The lowest BCUT2D eigenvalue weighted by atomic mass is 10.1. The Hall–Kier alpha value is -3.28. The molecular formula is C23H27N3O3. The lowest BCUT2D eigenvalue weighted by Gasteiger charge is -2.11. The van der Waals surface area contributed by atoms with Crippen LogP contribution in [0.1, 0.15) is 39.8 Å². The van der Waals surface area contributed by atoms with Gasteiger partial charge in [-0.1, -0.05) is 25.1 Å². The Balaban J connectivity index is 1.80. The normalized spacial score (nSPS) is 10.7. The zero-order valence-electron chi connectivity index (χ0n) is 17.6. The highest BCUT2D eigenvalue weighted by Crippen LogP contribution is 2.28. The summed E-state index contributed by atoms with van der Waals surface area (Å²) in [6, 6.07) is 13.5. The molecule has 0 fully saturated rings. The van der Waals surface area contributed by atoms with Gasteiger partial charge in [0.05, 0.1) is 37.8 Å². The van der Waals surface area contributed by atoms with Crippen LogP contribution < -0.4 is 14.8 Å². The minimum Gasteiger partial charge on any atom is -0.493 e. The first-order valence-electron chi connectivity index (χ1n) is 9.62. The fraction of sp³-hybridized carbons (Fsp3) is 0.304. The van der Waals surface area contributed by atoms with E-state index in [1.54, 1.807) is 14.2 Å². The van der Waals surface area contributed by atoms with E-state index in [0.717, 1.165) is 29.1 Å². The summed E-state index contributed by atoms with van der Waals surface area (Å²) in [7, 11) is 3.23. The zero-order chi connectivity index (χ0) is 21.0. The number of nitrogens with one attached hydrogen (secondary N) is 1. The maximum atomic E-state index is 12.7. The first kappa shape index (κ1) is 20.5. The molecule has 0 saturated heterocycles. The molecule has 6 nitrogen and oxygen atoms in total. The van der Waals surface area contributed by atoms with Gasteiger partial charge in [-0.05, 0) is 55.7 Å². The molecule has 2 aromatic carbocycles. The van der Waals surface area contributed by atoms with Crippen LogP contribution in [0, 0.1) is 13.8 Å². The van der Waals surface area contributed by atoms with Crippen molar-refractivity contribution in [1.29, 1.82) is 0 Å². The molecule has 29 heavy (non-hydrogen) atoms. The molecular weight excluding hydrogens is 366 g/mol. The van der Waals surface area contributed by atoms with E-state index in [4.69, 9.17) is 9.47 Å². The van der Waals surface area contributed by atoms with E-state index < -0.39 is 0 Å². The molecule has 0 atom stereocenters. The third-order valence-electron chi connectivity index (χ3n) is 5.02. The number of aromatic nitrogens is 2. The first-order valence-corrected chi connectivity index (χ1v) is 9.62. The van der Waals surface area contributed by atoms with Gasteiger partial charge in [0.1, 0.15) is 0 Å². The van der Waals surface area contributed by atoms with Crippen LogP contribution in [-0.2, 0) is 13.0 Å². The Bertz CT molecular complexity index is 1010. The topological polar surface area (TPSA) is 65.4 Å². The number of rotatable bonds is 7. The predicted octanol–water partition coefficient (Wildman–Crippen LogP) is 4.38. The van der Waals surface area contributed by atoms with Gasteiger partial charge < -0.3 is 14.8 Å². The predicted molar refractivity (Wildman–Crippen MR) is 114 cm³/mol. The molecule has 0 saturated carbocycles. The lowest BCUT2D eigenvalue weighted by molar-refractivity contribution is 0.102. The number of hydrogen-bond acceptors (Lipinski definition) is 4. The van der Waals surface area contributed by atoms with Gasteiger partial charge in [-0.25, -0.2) is 0 Å². The Morgan fingerprint density at radius 2 is 1.66 bits per heavy atom. The molecule has 152 valence electrons. The number of nitrogens with zero attached hydrogens (tertiary/aromatic N) is 2. The van der Waals surface area contributed by atoms with Crippen molar-refractivity contribution in [3.05, 3.63) is 70.5 Å². The standard InChI is InChI=1S/C23H27N3O3/c1-6-17-7-10-19(11-8-17)23(27)24-22-15(2)25-26(16(22)3)14-18-9-12-20(28-4)21(13-18)29-5/h7-13H,6,14H2,1-5H3,(H,24,27). The average Bonchev–Trinajstić information content (AvgIpc) is 3.00. The van der Waals surface area contributed by atoms with Crippen molar-refractivity contribution >= 4 is 11.6 Å². The van der Waals surface area contributed by atoms with E-state index in [1.165, 1.54) is 5.56 Å². The molecule has 0 bridgehead atoms. The number of benzene rings is 2. The van der Waals surface area contributed by atoms with Gasteiger partial charge in [-0.15, -0.1) is 0 Å². The maximum Gasteiger partial charge on any atom is 0.255 e. The third-order valence-corrected chi connectivity index (χ3v) is 5.02. The number of hydrogen-bond donors (Lipinski definition) is 1. The van der Waals surface area contributed by atoms with E-state index >= 15 is 0 Å². The van der Waals surface area contributed by atoms with Gasteiger partial charge in [0, 0.05) is 5.56 Å². The van der Waals surface area contributed by atoms with Crippen LogP contribution in [-0.4, -0.2) is 29.9 Å². The van der Waals surface area contributed by atoms with Crippen molar-refractivity contribution < 1.29 is 14.3 Å². The van der Waals surface area contributed by atoms with Crippen LogP contribution in [0.25, 0.3) is 0 Å². The van der Waals surface area contributed by atoms with E-state index in [2.05, 4.69) is 17.3 Å². The largest absolute Gasteiger partial charge is 0.493 e. The second-order valence-electron chi connectivity index (χ2n) is 6.90. The van der Waals surface area contributed by atoms with Crippen LogP contribution in [0.2, 0.25) is 0 Å². The van der Waals surface area contributed by atoms with Gasteiger partial charge in [-0.2, -0.15) is 5.10 Å². The first-order chi connectivity index (χ1) is 14.0. The Labute approximate surface area is 171 Å². The molecule has 0 unspecified atom stereocenters. The molecule has 0 aliphatic carbocycles. The molecule has 1 amide bonds. The Morgan fingerprint density at radius 3 is 2.28 bits per heavy atom. The molecule has 0 radical (unpaired) electrons. The third kappa shape index (κ3) is 4.42. The molecule has 3 aromatic rings. The molecule has 3 rings (SSSR count). The quantitative estimate of drug-likeness (QED) is 0.647. The van der Waals surface area contributed by atoms with E-state index in [9.17, 15) is 4.79 Å². The lowest BCUT2D eigenvalue weighted by Crippen LogP contribution is -2.13. The summed E-state index contributed by atoms with van der Waals surface area (Å²) in [6.45, 7) is 6.51. The smallest absolute Gasteiger partial charge is 0.255 e. The number of methoxy groups -OCH3 is 2. The Kier molecular flexibility index (Phi) is 6.22. The van der Waals surface area contributed by atoms with E-state index in [1.807, 2.05) is 61.0 Å². The number of amides is 1. The molecule has 1 N–H and O–H groups in total. The molecule has 1 aromatic heterocycles. The Morgan fingerprint density at radius 1 is 1.00 bits per heavy atom. The highest BCUT2D eigenvalue weighted by Gasteiger charge is 2.16. The fourth-order valence-corrected chi connectivity index (χ4v) is 3.26. The second-order valence-corrected chi connectivity index (χ2v) is 6.90. The summed E-state index contributed by atoms with van der Waals surface area (Å²) in [4.78, 5) is 12.7. The van der Waals surface area contributed by atoms with Crippen molar-refractivity contribution in [2.45, 2.75) is 33.7 Å². The second kappa shape index (κ2) is 8.82. The summed E-state index contributed by atoms with van der Waals surface area (Å²) < 4.78 is 12.6. The minimum absolute atomic E-state index is 0.135. The number of carbonyl (C=O) groups excluding carboxylic acids is 1. The van der Waals surface area contributed by atoms with Crippen LogP contribution in [0.15, 0.2) is 42.5 Å². The minimum atomic E-state index is -0.135. The SMILES string of the molecule is CCc1ccc(C(=O)Nc2c(C)nn(Cc3ccc(OC)c(OC)c3)c2C)cc1. The number of carbonyl (C=O) groups is 1. The van der Waals surface area contributed by atoms with Crippen molar-refractivity contribution in [3.63, 3.8) is 0 Å². The van der Waals surface area contributed by atoms with Gasteiger partial charge in [0.2, 0.25) is 0 Å². The highest BCUT2D eigenvalue weighted by molar-refractivity contribution is 6.04. The summed E-state index contributed by atoms with van der Waals surface area (Å²) in [5.74, 6) is 1.23. The number of ether oxygens (including phenoxy) is 2. The summed E-state index contributed by atoms with van der Waals surface area (Å²) in [5.41, 5.74) is 5.29. The maximum absolute atomic E-state index is 12.7. The summed E-state index contributed by atoms with van der Waals surface area (Å²) in [5, 5.41) is 7.62. The number of anilines is 1. The molecule has 0 aliphatic heterocycles. The molecule has 1 heterocycles. The number of aryl methyl sites for hydroxylation is 2. The van der Waals surface area contributed by atoms with Gasteiger partial charge in [0.25, 0.3) is 5.91 Å². The summed E-state index contributed by atoms with van der Waals surface area (Å²) >= 11 is 0. The highest BCUT2D eigenvalue weighted by atomic mass is 16.5. The zero-order valence-corrected chi connectivity index (χ0v) is 17.6. The monoisotopic (exact) mass is 393 g/mol. The van der Waals surface area contributed by atoms with Crippen molar-refractivity contribution in [3.8, 4) is 11.5 Å². The average molecular weight is 393 g/mol. The van der Waals surface area contributed by atoms with Crippen LogP contribution in [0.5, 0.6) is 11.5 Å². The van der Waals surface area contributed by atoms with E-state index in [0.29, 0.717) is 23.6 Å². The van der Waals surface area contributed by atoms with Crippen molar-refractivity contribution in [1.82, 2.24) is 9.78 Å². The van der Waals surface area contributed by atoms with Gasteiger partial charge in [-0.3, -0.25) is 9.48 Å². The van der Waals surface area contributed by atoms with Crippen LogP contribution >= 0.6 is 0 Å². The van der Waals surface area contributed by atoms with Crippen molar-refractivity contribution in [2.75, 3.05) is 19.5 Å².